The number of hydrogen-bond donors (Lipinski definition) is 2. The van der Waals surface area contributed by atoms with Gasteiger partial charge in [0.1, 0.15) is 11.6 Å². The van der Waals surface area contributed by atoms with Gasteiger partial charge in [0.15, 0.2) is 0 Å². The van der Waals surface area contributed by atoms with Crippen LogP contribution in [-0.4, -0.2) is 12.1 Å². The van der Waals surface area contributed by atoms with Crippen molar-refractivity contribution < 1.29 is 4.74 Å². The minimum Gasteiger partial charge on any atom is -0.495 e. The summed E-state index contributed by atoms with van der Waals surface area (Å²) in [6.45, 7) is 1.93. The predicted octanol–water partition coefficient (Wildman–Crippen LogP) is 3.49. The molecule has 0 spiro atoms. The number of aryl methyl sites for hydroxylation is 1. The molecule has 3 N–H and O–H groups in total. The van der Waals surface area contributed by atoms with E-state index in [0.717, 1.165) is 27.2 Å². The van der Waals surface area contributed by atoms with Gasteiger partial charge in [-0.25, -0.2) is 4.98 Å². The van der Waals surface area contributed by atoms with E-state index in [4.69, 9.17) is 10.5 Å². The Hall–Kier alpha value is -1.75. The molecule has 0 radical (unpaired) electrons. The van der Waals surface area contributed by atoms with Crippen LogP contribution in [0.3, 0.4) is 0 Å². The van der Waals surface area contributed by atoms with Gasteiger partial charge in [-0.05, 0) is 40.5 Å². The maximum atomic E-state index is 5.84. The number of pyridine rings is 1. The third-order valence-electron chi connectivity index (χ3n) is 2.57. The van der Waals surface area contributed by atoms with Crippen molar-refractivity contribution in [2.45, 2.75) is 6.92 Å². The Bertz CT molecular complexity index is 572. The number of rotatable bonds is 3. The van der Waals surface area contributed by atoms with Gasteiger partial charge >= 0.3 is 0 Å². The van der Waals surface area contributed by atoms with Crippen molar-refractivity contribution >= 4 is 33.1 Å². The van der Waals surface area contributed by atoms with Crippen LogP contribution < -0.4 is 15.8 Å². The first-order valence-corrected chi connectivity index (χ1v) is 6.22. The Morgan fingerprint density at radius 1 is 1.33 bits per heavy atom. The Morgan fingerprint density at radius 2 is 2.11 bits per heavy atom. The maximum Gasteiger partial charge on any atom is 0.135 e. The number of hydrogen-bond acceptors (Lipinski definition) is 4. The molecule has 0 aliphatic heterocycles. The van der Waals surface area contributed by atoms with Crippen molar-refractivity contribution in [1.82, 2.24) is 4.98 Å². The van der Waals surface area contributed by atoms with Crippen molar-refractivity contribution in [3.05, 3.63) is 40.5 Å². The van der Waals surface area contributed by atoms with E-state index < -0.39 is 0 Å². The first-order valence-electron chi connectivity index (χ1n) is 5.43. The third kappa shape index (κ3) is 2.73. The van der Waals surface area contributed by atoms with Gasteiger partial charge in [-0.15, -0.1) is 0 Å². The maximum absolute atomic E-state index is 5.84. The SMILES string of the molecule is COc1cc(Nc2cc(N)c(C)cn2)ccc1Br. The fourth-order valence-electron chi connectivity index (χ4n) is 1.49. The molecule has 0 unspecified atom stereocenters. The van der Waals surface area contributed by atoms with Crippen molar-refractivity contribution in [3.8, 4) is 5.75 Å². The number of anilines is 3. The molecule has 1 aromatic carbocycles. The summed E-state index contributed by atoms with van der Waals surface area (Å²) in [6, 6.07) is 7.55. The molecule has 18 heavy (non-hydrogen) atoms. The standard InChI is InChI=1S/C13H14BrN3O/c1-8-7-16-13(6-11(8)15)17-9-3-4-10(14)12(5-9)18-2/h3-7H,1-2H3,(H3,15,16,17). The Kier molecular flexibility index (Phi) is 3.72. The Labute approximate surface area is 114 Å². The van der Waals surface area contributed by atoms with Crippen LogP contribution in [0.25, 0.3) is 0 Å². The number of nitrogens with two attached hydrogens (primary N) is 1. The number of nitrogens with zero attached hydrogens (tertiary/aromatic N) is 1. The zero-order valence-electron chi connectivity index (χ0n) is 10.2. The van der Waals surface area contributed by atoms with Crippen molar-refractivity contribution in [1.29, 1.82) is 0 Å². The van der Waals surface area contributed by atoms with E-state index in [1.165, 1.54) is 0 Å². The number of methoxy groups -OCH3 is 1. The fraction of sp³-hybridized carbons (Fsp3) is 0.154. The molecule has 0 saturated heterocycles. The van der Waals surface area contributed by atoms with E-state index in [-0.39, 0.29) is 0 Å². The van der Waals surface area contributed by atoms with Crippen molar-refractivity contribution in [2.24, 2.45) is 0 Å². The molecule has 2 aromatic rings. The molecule has 2 rings (SSSR count). The third-order valence-corrected chi connectivity index (χ3v) is 3.22. The van der Waals surface area contributed by atoms with Crippen LogP contribution in [0, 0.1) is 6.92 Å². The lowest BCUT2D eigenvalue weighted by Crippen LogP contribution is -1.97. The molecule has 0 aliphatic rings. The minimum atomic E-state index is 0.711. The van der Waals surface area contributed by atoms with E-state index in [0.29, 0.717) is 5.82 Å². The van der Waals surface area contributed by atoms with Gasteiger partial charge in [-0.2, -0.15) is 0 Å². The fourth-order valence-corrected chi connectivity index (χ4v) is 1.90. The number of nitrogen functional groups attached to an aromatic ring is 1. The Balaban J connectivity index is 2.25. The number of ether oxygens (including phenoxy) is 1. The van der Waals surface area contributed by atoms with E-state index in [9.17, 15) is 0 Å². The quantitative estimate of drug-likeness (QED) is 0.911. The van der Waals surface area contributed by atoms with E-state index in [1.807, 2.05) is 31.2 Å². The topological polar surface area (TPSA) is 60.2 Å². The highest BCUT2D eigenvalue weighted by molar-refractivity contribution is 9.10. The van der Waals surface area contributed by atoms with Crippen molar-refractivity contribution in [3.63, 3.8) is 0 Å². The molecule has 1 heterocycles. The highest BCUT2D eigenvalue weighted by Crippen LogP contribution is 2.29. The zero-order chi connectivity index (χ0) is 13.1. The average Bonchev–Trinajstić information content (AvgIpc) is 2.36. The van der Waals surface area contributed by atoms with Crippen LogP contribution in [0.15, 0.2) is 34.9 Å². The summed E-state index contributed by atoms with van der Waals surface area (Å²) in [5.41, 5.74) is 8.42. The van der Waals surface area contributed by atoms with Gasteiger partial charge in [0.2, 0.25) is 0 Å². The molecule has 4 nitrogen and oxygen atoms in total. The molecule has 0 bridgehead atoms. The lowest BCUT2D eigenvalue weighted by molar-refractivity contribution is 0.412. The second-order valence-corrected chi connectivity index (χ2v) is 4.75. The smallest absolute Gasteiger partial charge is 0.135 e. The monoisotopic (exact) mass is 307 g/mol. The number of halogens is 1. The van der Waals surface area contributed by atoms with Gasteiger partial charge in [0, 0.05) is 29.7 Å². The first-order chi connectivity index (χ1) is 8.60. The van der Waals surface area contributed by atoms with Crippen molar-refractivity contribution in [2.75, 3.05) is 18.2 Å². The average molecular weight is 308 g/mol. The molecule has 0 amide bonds. The lowest BCUT2D eigenvalue weighted by atomic mass is 10.2. The highest BCUT2D eigenvalue weighted by Gasteiger charge is 2.03. The zero-order valence-corrected chi connectivity index (χ0v) is 11.8. The predicted molar refractivity (Wildman–Crippen MR) is 77.4 cm³/mol. The van der Waals surface area contributed by atoms with Gasteiger partial charge in [-0.1, -0.05) is 0 Å². The molecular weight excluding hydrogens is 294 g/mol. The second kappa shape index (κ2) is 5.27. The summed E-state index contributed by atoms with van der Waals surface area (Å²) in [5.74, 6) is 1.47. The highest BCUT2D eigenvalue weighted by atomic mass is 79.9. The lowest BCUT2D eigenvalue weighted by Gasteiger charge is -2.10. The normalized spacial score (nSPS) is 10.2. The van der Waals surface area contributed by atoms with Crippen LogP contribution in [-0.2, 0) is 0 Å². The number of aromatic nitrogens is 1. The summed E-state index contributed by atoms with van der Waals surface area (Å²) < 4.78 is 6.14. The van der Waals surface area contributed by atoms with Crippen LogP contribution in [0.4, 0.5) is 17.2 Å². The van der Waals surface area contributed by atoms with E-state index in [2.05, 4.69) is 26.2 Å². The summed E-state index contributed by atoms with van der Waals surface area (Å²) >= 11 is 3.41. The van der Waals surface area contributed by atoms with Gasteiger partial charge < -0.3 is 15.8 Å². The number of nitrogens with one attached hydrogen (secondary N) is 1. The van der Waals surface area contributed by atoms with Crippen LogP contribution in [0.1, 0.15) is 5.56 Å². The summed E-state index contributed by atoms with van der Waals surface area (Å²) in [6.07, 6.45) is 1.74. The summed E-state index contributed by atoms with van der Waals surface area (Å²) in [4.78, 5) is 4.27. The summed E-state index contributed by atoms with van der Waals surface area (Å²) in [7, 11) is 1.63. The molecule has 5 heteroatoms. The molecule has 0 fully saturated rings. The molecule has 0 atom stereocenters. The van der Waals surface area contributed by atoms with Crippen LogP contribution in [0.5, 0.6) is 5.75 Å². The van der Waals surface area contributed by atoms with Crippen LogP contribution in [0.2, 0.25) is 0 Å². The van der Waals surface area contributed by atoms with Gasteiger partial charge in [0.25, 0.3) is 0 Å². The second-order valence-electron chi connectivity index (χ2n) is 3.90. The largest absolute Gasteiger partial charge is 0.495 e. The van der Waals surface area contributed by atoms with Gasteiger partial charge in [-0.3, -0.25) is 0 Å². The molecular formula is C13H14BrN3O. The van der Waals surface area contributed by atoms with Gasteiger partial charge in [0.05, 0.1) is 11.6 Å². The van der Waals surface area contributed by atoms with E-state index >= 15 is 0 Å². The minimum absolute atomic E-state index is 0.711. The van der Waals surface area contributed by atoms with Crippen LogP contribution >= 0.6 is 15.9 Å². The molecule has 94 valence electrons. The molecule has 1 aromatic heterocycles. The number of benzene rings is 1. The first kappa shape index (κ1) is 12.7. The van der Waals surface area contributed by atoms with E-state index in [1.54, 1.807) is 13.3 Å². The summed E-state index contributed by atoms with van der Waals surface area (Å²) in [5, 5.41) is 3.18. The Morgan fingerprint density at radius 3 is 2.78 bits per heavy atom. The molecule has 0 saturated carbocycles. The molecule has 0 aliphatic carbocycles.